The van der Waals surface area contributed by atoms with E-state index >= 15 is 0 Å². The van der Waals surface area contributed by atoms with E-state index in [4.69, 9.17) is 5.73 Å². The molecule has 0 atom stereocenters. The Morgan fingerprint density at radius 3 is 2.36 bits per heavy atom. The van der Waals surface area contributed by atoms with E-state index in [1.54, 1.807) is 0 Å². The Bertz CT molecular complexity index is 368. The molecule has 0 aliphatic heterocycles. The fraction of sp³-hybridized carbons (Fsp3) is 0.125. The SMILES string of the molecule is NC(=S)NCc1cc(F)c(F)cc1F. The number of nitrogens with one attached hydrogen (secondary N) is 1. The van der Waals surface area contributed by atoms with E-state index in [1.807, 2.05) is 0 Å². The minimum absolute atomic E-state index is 0.0308. The molecule has 0 aromatic heterocycles. The van der Waals surface area contributed by atoms with Crippen LogP contribution in [0.15, 0.2) is 12.1 Å². The first kappa shape index (κ1) is 10.8. The van der Waals surface area contributed by atoms with Crippen LogP contribution in [-0.2, 0) is 6.54 Å². The van der Waals surface area contributed by atoms with Gasteiger partial charge in [-0.25, -0.2) is 13.2 Å². The van der Waals surface area contributed by atoms with Gasteiger partial charge >= 0.3 is 0 Å². The maximum atomic E-state index is 13.0. The average Bonchev–Trinajstić information content (AvgIpc) is 2.09. The Balaban J connectivity index is 2.87. The standard InChI is InChI=1S/C8H7F3N2S/c9-5-2-7(11)6(10)1-4(5)3-13-8(12)14/h1-2H,3H2,(H3,12,13,14). The maximum Gasteiger partial charge on any atom is 0.163 e. The summed E-state index contributed by atoms with van der Waals surface area (Å²) in [6, 6.07) is 1.24. The molecule has 6 heteroatoms. The Morgan fingerprint density at radius 2 is 1.79 bits per heavy atom. The van der Waals surface area contributed by atoms with Gasteiger partial charge in [-0.3, -0.25) is 0 Å². The van der Waals surface area contributed by atoms with Gasteiger partial charge in [0.05, 0.1) is 0 Å². The molecule has 0 heterocycles. The van der Waals surface area contributed by atoms with Gasteiger partial charge in [-0.15, -0.1) is 0 Å². The molecule has 0 radical (unpaired) electrons. The van der Waals surface area contributed by atoms with Crippen molar-refractivity contribution in [3.63, 3.8) is 0 Å². The zero-order valence-electron chi connectivity index (χ0n) is 6.98. The number of rotatable bonds is 2. The first-order chi connectivity index (χ1) is 6.50. The maximum absolute atomic E-state index is 13.0. The van der Waals surface area contributed by atoms with Crippen molar-refractivity contribution in [1.82, 2.24) is 5.32 Å². The lowest BCUT2D eigenvalue weighted by Crippen LogP contribution is -2.28. The summed E-state index contributed by atoms with van der Waals surface area (Å²) >= 11 is 4.47. The van der Waals surface area contributed by atoms with Crippen molar-refractivity contribution in [3.8, 4) is 0 Å². The van der Waals surface area contributed by atoms with E-state index in [0.717, 1.165) is 6.07 Å². The summed E-state index contributed by atoms with van der Waals surface area (Å²) in [5.41, 5.74) is 5.06. The highest BCUT2D eigenvalue weighted by Gasteiger charge is 2.09. The molecule has 0 aliphatic carbocycles. The molecule has 1 aromatic rings. The van der Waals surface area contributed by atoms with Crippen LogP contribution in [0.1, 0.15) is 5.56 Å². The number of halogens is 3. The molecule has 0 amide bonds. The summed E-state index contributed by atoms with van der Waals surface area (Å²) in [6.45, 7) is -0.0711. The van der Waals surface area contributed by atoms with Crippen molar-refractivity contribution in [2.75, 3.05) is 0 Å². The number of hydrogen-bond donors (Lipinski definition) is 2. The third kappa shape index (κ3) is 2.59. The normalized spacial score (nSPS) is 9.93. The summed E-state index contributed by atoms with van der Waals surface area (Å²) in [5.74, 6) is -3.17. The van der Waals surface area contributed by atoms with Crippen molar-refractivity contribution >= 4 is 17.3 Å². The molecule has 0 fully saturated rings. The zero-order valence-corrected chi connectivity index (χ0v) is 7.80. The van der Waals surface area contributed by atoms with Crippen molar-refractivity contribution in [1.29, 1.82) is 0 Å². The molecule has 14 heavy (non-hydrogen) atoms. The summed E-state index contributed by atoms with van der Waals surface area (Å²) in [5, 5.41) is 2.40. The summed E-state index contributed by atoms with van der Waals surface area (Å²) < 4.78 is 38.1. The van der Waals surface area contributed by atoms with E-state index < -0.39 is 17.5 Å². The molecule has 0 unspecified atom stereocenters. The van der Waals surface area contributed by atoms with Gasteiger partial charge in [-0.05, 0) is 18.3 Å². The monoisotopic (exact) mass is 220 g/mol. The van der Waals surface area contributed by atoms with Crippen LogP contribution < -0.4 is 11.1 Å². The number of benzene rings is 1. The van der Waals surface area contributed by atoms with Crippen LogP contribution in [0.4, 0.5) is 13.2 Å². The molecular formula is C8H7F3N2S. The first-order valence-corrected chi connectivity index (χ1v) is 4.08. The topological polar surface area (TPSA) is 38.0 Å². The van der Waals surface area contributed by atoms with Gasteiger partial charge in [-0.1, -0.05) is 0 Å². The second-order valence-electron chi connectivity index (χ2n) is 2.58. The van der Waals surface area contributed by atoms with E-state index in [9.17, 15) is 13.2 Å². The third-order valence-corrected chi connectivity index (χ3v) is 1.69. The quantitative estimate of drug-likeness (QED) is 0.585. The zero-order chi connectivity index (χ0) is 10.7. The van der Waals surface area contributed by atoms with Crippen molar-refractivity contribution in [3.05, 3.63) is 35.1 Å². The molecule has 0 spiro atoms. The minimum Gasteiger partial charge on any atom is -0.376 e. The predicted octanol–water partition coefficient (Wildman–Crippen LogP) is 1.44. The van der Waals surface area contributed by atoms with Crippen LogP contribution in [-0.4, -0.2) is 5.11 Å². The number of hydrogen-bond acceptors (Lipinski definition) is 1. The fourth-order valence-electron chi connectivity index (χ4n) is 0.882. The summed E-state index contributed by atoms with van der Waals surface area (Å²) in [4.78, 5) is 0. The van der Waals surface area contributed by atoms with Gasteiger partial charge < -0.3 is 11.1 Å². The first-order valence-electron chi connectivity index (χ1n) is 3.67. The van der Waals surface area contributed by atoms with Gasteiger partial charge in [0.1, 0.15) is 5.82 Å². The highest BCUT2D eigenvalue weighted by Crippen LogP contribution is 2.13. The Kier molecular flexibility index (Phi) is 3.29. The fourth-order valence-corrected chi connectivity index (χ4v) is 0.954. The van der Waals surface area contributed by atoms with Gasteiger partial charge in [-0.2, -0.15) is 0 Å². The molecule has 3 N–H and O–H groups in total. The Hall–Kier alpha value is -1.30. The van der Waals surface area contributed by atoms with Gasteiger partial charge in [0.2, 0.25) is 0 Å². The third-order valence-electron chi connectivity index (χ3n) is 1.54. The molecule has 76 valence electrons. The lowest BCUT2D eigenvalue weighted by molar-refractivity contribution is 0.489. The van der Waals surface area contributed by atoms with Crippen molar-refractivity contribution in [2.45, 2.75) is 6.54 Å². The number of nitrogens with two attached hydrogens (primary N) is 1. The largest absolute Gasteiger partial charge is 0.376 e. The van der Waals surface area contributed by atoms with E-state index in [0.29, 0.717) is 6.07 Å². The lowest BCUT2D eigenvalue weighted by atomic mass is 10.2. The van der Waals surface area contributed by atoms with Gasteiger partial charge in [0.25, 0.3) is 0 Å². The van der Waals surface area contributed by atoms with Crippen molar-refractivity contribution in [2.24, 2.45) is 5.73 Å². The van der Waals surface area contributed by atoms with Crippen LogP contribution in [0, 0.1) is 17.5 Å². The molecule has 0 saturated heterocycles. The van der Waals surface area contributed by atoms with Gasteiger partial charge in [0, 0.05) is 18.2 Å². The molecule has 2 nitrogen and oxygen atoms in total. The molecule has 0 bridgehead atoms. The predicted molar refractivity (Wildman–Crippen MR) is 49.9 cm³/mol. The molecule has 0 saturated carbocycles. The van der Waals surface area contributed by atoms with E-state index in [2.05, 4.69) is 17.5 Å². The lowest BCUT2D eigenvalue weighted by Gasteiger charge is -2.05. The number of thiocarbonyl (C=S) groups is 1. The molecule has 1 aromatic carbocycles. The summed E-state index contributed by atoms with van der Waals surface area (Å²) in [6.07, 6.45) is 0. The van der Waals surface area contributed by atoms with E-state index in [-0.39, 0.29) is 17.2 Å². The van der Waals surface area contributed by atoms with Gasteiger partial charge in [0.15, 0.2) is 16.7 Å². The molecular weight excluding hydrogens is 213 g/mol. The highest BCUT2D eigenvalue weighted by molar-refractivity contribution is 7.80. The van der Waals surface area contributed by atoms with Crippen LogP contribution in [0.25, 0.3) is 0 Å². The van der Waals surface area contributed by atoms with Crippen molar-refractivity contribution < 1.29 is 13.2 Å². The van der Waals surface area contributed by atoms with Crippen LogP contribution in [0.2, 0.25) is 0 Å². The second kappa shape index (κ2) is 4.28. The van der Waals surface area contributed by atoms with E-state index in [1.165, 1.54) is 0 Å². The Morgan fingerprint density at radius 1 is 1.21 bits per heavy atom. The van der Waals surface area contributed by atoms with Crippen LogP contribution in [0.3, 0.4) is 0 Å². The second-order valence-corrected chi connectivity index (χ2v) is 3.02. The van der Waals surface area contributed by atoms with Crippen LogP contribution >= 0.6 is 12.2 Å². The smallest absolute Gasteiger partial charge is 0.163 e. The molecule has 1 rings (SSSR count). The minimum atomic E-state index is -1.22. The van der Waals surface area contributed by atoms with Crippen LogP contribution in [0.5, 0.6) is 0 Å². The highest BCUT2D eigenvalue weighted by atomic mass is 32.1. The summed E-state index contributed by atoms with van der Waals surface area (Å²) in [7, 11) is 0. The molecule has 0 aliphatic rings. The Labute approximate surface area is 83.9 Å². The average molecular weight is 220 g/mol.